The van der Waals surface area contributed by atoms with E-state index in [0.717, 1.165) is 25.7 Å². The van der Waals surface area contributed by atoms with Crippen molar-refractivity contribution in [3.05, 3.63) is 0 Å². The smallest absolute Gasteiger partial charge is 0.216 e. The number of nitrogens with two attached hydrogens (primary N) is 1. The van der Waals surface area contributed by atoms with Crippen LogP contribution in [-0.4, -0.2) is 25.3 Å². The molecule has 18 heavy (non-hydrogen) atoms. The van der Waals surface area contributed by atoms with E-state index in [1.165, 1.54) is 4.31 Å². The van der Waals surface area contributed by atoms with E-state index < -0.39 is 10.2 Å². The largest absolute Gasteiger partial charge is 0.277 e. The fourth-order valence-corrected chi connectivity index (χ4v) is 4.00. The molecule has 5 heteroatoms. The maximum atomic E-state index is 11.7. The molecule has 1 aliphatic carbocycles. The first kappa shape index (κ1) is 15.9. The van der Waals surface area contributed by atoms with Crippen LogP contribution in [0.3, 0.4) is 0 Å². The van der Waals surface area contributed by atoms with Gasteiger partial charge in [0, 0.05) is 12.6 Å². The Hall–Kier alpha value is -0.130. The molecular formula is C13H28N2O2S. The van der Waals surface area contributed by atoms with Crippen LogP contribution < -0.4 is 5.14 Å². The van der Waals surface area contributed by atoms with Crippen molar-refractivity contribution in [2.24, 2.45) is 16.0 Å². The van der Waals surface area contributed by atoms with E-state index >= 15 is 0 Å². The lowest BCUT2D eigenvalue weighted by Crippen LogP contribution is -2.56. The number of hydrogen-bond donors (Lipinski definition) is 1. The van der Waals surface area contributed by atoms with Crippen LogP contribution in [0.15, 0.2) is 0 Å². The molecule has 108 valence electrons. The highest BCUT2D eigenvalue weighted by Gasteiger charge is 2.47. The van der Waals surface area contributed by atoms with E-state index in [9.17, 15) is 8.42 Å². The highest BCUT2D eigenvalue weighted by Crippen LogP contribution is 2.49. The topological polar surface area (TPSA) is 63.4 Å². The molecule has 0 radical (unpaired) electrons. The van der Waals surface area contributed by atoms with Crippen LogP contribution in [0, 0.1) is 10.8 Å². The predicted octanol–water partition coefficient (Wildman–Crippen LogP) is 2.51. The lowest BCUT2D eigenvalue weighted by Gasteiger charge is -2.51. The van der Waals surface area contributed by atoms with Gasteiger partial charge in [-0.2, -0.15) is 12.7 Å². The predicted molar refractivity (Wildman–Crippen MR) is 75.3 cm³/mol. The normalized spacial score (nSPS) is 21.1. The Bertz CT molecular complexity index is 372. The summed E-state index contributed by atoms with van der Waals surface area (Å²) < 4.78 is 25.0. The van der Waals surface area contributed by atoms with E-state index in [-0.39, 0.29) is 11.5 Å². The number of nitrogens with zero attached hydrogens (tertiary/aromatic N) is 1. The molecule has 0 amide bonds. The fourth-order valence-electron chi connectivity index (χ4n) is 2.87. The monoisotopic (exact) mass is 276 g/mol. The molecule has 1 fully saturated rings. The van der Waals surface area contributed by atoms with Gasteiger partial charge in [0.2, 0.25) is 0 Å². The first-order valence-electron chi connectivity index (χ1n) is 6.82. The van der Waals surface area contributed by atoms with Crippen LogP contribution in [0.4, 0.5) is 0 Å². The standard InChI is InChI=1S/C13H28N2O2S/c1-6-13(7-2)8-11(9-13)15(18(14,16)17)10-12(3,4)5/h11H,6-10H2,1-5H3,(H2,14,16,17). The quantitative estimate of drug-likeness (QED) is 0.838. The molecule has 0 unspecified atom stereocenters. The average Bonchev–Trinajstić information content (AvgIpc) is 2.12. The van der Waals surface area contributed by atoms with Gasteiger partial charge < -0.3 is 0 Å². The van der Waals surface area contributed by atoms with Gasteiger partial charge >= 0.3 is 0 Å². The van der Waals surface area contributed by atoms with Crippen molar-refractivity contribution < 1.29 is 8.42 Å². The van der Waals surface area contributed by atoms with Gasteiger partial charge in [-0.1, -0.05) is 47.5 Å². The van der Waals surface area contributed by atoms with Crippen LogP contribution >= 0.6 is 0 Å². The Morgan fingerprint density at radius 1 is 1.22 bits per heavy atom. The van der Waals surface area contributed by atoms with Gasteiger partial charge in [0.25, 0.3) is 10.2 Å². The minimum absolute atomic E-state index is 0.0663. The number of rotatable bonds is 5. The molecule has 0 heterocycles. The minimum Gasteiger partial charge on any atom is -0.216 e. The molecule has 0 aromatic carbocycles. The SMILES string of the molecule is CCC1(CC)CC(N(CC(C)(C)C)S(N)(=O)=O)C1. The minimum atomic E-state index is -3.59. The Morgan fingerprint density at radius 2 is 1.67 bits per heavy atom. The second-order valence-corrected chi connectivity index (χ2v) is 8.42. The van der Waals surface area contributed by atoms with Gasteiger partial charge in [-0.25, -0.2) is 5.14 Å². The Morgan fingerprint density at radius 3 is 1.94 bits per heavy atom. The Labute approximate surface area is 112 Å². The third-order valence-corrected chi connectivity index (χ3v) is 5.28. The third kappa shape index (κ3) is 3.68. The molecule has 0 spiro atoms. The molecule has 0 saturated heterocycles. The van der Waals surface area contributed by atoms with Crippen LogP contribution in [0.25, 0.3) is 0 Å². The van der Waals surface area contributed by atoms with Crippen molar-refractivity contribution in [2.45, 2.75) is 66.3 Å². The van der Waals surface area contributed by atoms with Crippen LogP contribution in [-0.2, 0) is 10.2 Å². The fraction of sp³-hybridized carbons (Fsp3) is 1.00. The number of hydrogen-bond acceptors (Lipinski definition) is 2. The highest BCUT2D eigenvalue weighted by molar-refractivity contribution is 7.86. The molecule has 0 aromatic rings. The van der Waals surface area contributed by atoms with Gasteiger partial charge in [-0.05, 0) is 23.7 Å². The molecule has 0 bridgehead atoms. The van der Waals surface area contributed by atoms with E-state index in [4.69, 9.17) is 5.14 Å². The van der Waals surface area contributed by atoms with E-state index in [2.05, 4.69) is 13.8 Å². The van der Waals surface area contributed by atoms with Gasteiger partial charge in [0.1, 0.15) is 0 Å². The zero-order valence-corrected chi connectivity index (χ0v) is 13.2. The molecule has 0 atom stereocenters. The third-order valence-electron chi connectivity index (χ3n) is 4.20. The molecule has 1 aliphatic rings. The lowest BCUT2D eigenvalue weighted by molar-refractivity contribution is 0.0222. The van der Waals surface area contributed by atoms with Crippen molar-refractivity contribution >= 4 is 10.2 Å². The van der Waals surface area contributed by atoms with E-state index in [1.54, 1.807) is 0 Å². The molecular weight excluding hydrogens is 248 g/mol. The summed E-state index contributed by atoms with van der Waals surface area (Å²) in [7, 11) is -3.59. The zero-order chi connectivity index (χ0) is 14.2. The van der Waals surface area contributed by atoms with Crippen molar-refractivity contribution in [2.75, 3.05) is 6.54 Å². The lowest BCUT2D eigenvalue weighted by atomic mass is 9.62. The Balaban J connectivity index is 2.78. The van der Waals surface area contributed by atoms with Crippen LogP contribution in [0.2, 0.25) is 0 Å². The average molecular weight is 276 g/mol. The second-order valence-electron chi connectivity index (χ2n) is 6.92. The molecule has 0 aromatic heterocycles. The van der Waals surface area contributed by atoms with Gasteiger partial charge in [0.15, 0.2) is 0 Å². The summed E-state index contributed by atoms with van der Waals surface area (Å²) in [6, 6.07) is 0.0964. The molecule has 1 rings (SSSR count). The summed E-state index contributed by atoms with van der Waals surface area (Å²) in [6.45, 7) is 11.0. The highest BCUT2D eigenvalue weighted by atomic mass is 32.2. The summed E-state index contributed by atoms with van der Waals surface area (Å²) in [5.41, 5.74) is 0.272. The van der Waals surface area contributed by atoms with Crippen molar-refractivity contribution in [3.63, 3.8) is 0 Å². The summed E-state index contributed by atoms with van der Waals surface area (Å²) in [5, 5.41) is 5.37. The van der Waals surface area contributed by atoms with Gasteiger partial charge in [-0.3, -0.25) is 0 Å². The van der Waals surface area contributed by atoms with E-state index in [0.29, 0.717) is 12.0 Å². The van der Waals surface area contributed by atoms with Gasteiger partial charge in [-0.15, -0.1) is 0 Å². The van der Waals surface area contributed by atoms with E-state index in [1.807, 2.05) is 20.8 Å². The maximum Gasteiger partial charge on any atom is 0.277 e. The summed E-state index contributed by atoms with van der Waals surface area (Å²) in [5.74, 6) is 0. The first-order chi connectivity index (χ1) is 8.03. The van der Waals surface area contributed by atoms with Crippen LogP contribution in [0.1, 0.15) is 60.3 Å². The van der Waals surface area contributed by atoms with Crippen molar-refractivity contribution in [3.8, 4) is 0 Å². The van der Waals surface area contributed by atoms with Crippen molar-refractivity contribution in [1.29, 1.82) is 0 Å². The second kappa shape index (κ2) is 5.10. The maximum absolute atomic E-state index is 11.7. The Kier molecular flexibility index (Phi) is 4.51. The summed E-state index contributed by atoms with van der Waals surface area (Å²) in [6.07, 6.45) is 4.14. The van der Waals surface area contributed by atoms with Gasteiger partial charge in [0.05, 0.1) is 0 Å². The molecule has 2 N–H and O–H groups in total. The van der Waals surface area contributed by atoms with Crippen LogP contribution in [0.5, 0.6) is 0 Å². The molecule has 4 nitrogen and oxygen atoms in total. The first-order valence-corrected chi connectivity index (χ1v) is 8.33. The zero-order valence-electron chi connectivity index (χ0n) is 12.4. The molecule has 1 saturated carbocycles. The molecule has 0 aliphatic heterocycles. The summed E-state index contributed by atoms with van der Waals surface area (Å²) >= 11 is 0. The van der Waals surface area contributed by atoms with Crippen molar-refractivity contribution in [1.82, 2.24) is 4.31 Å². The summed E-state index contributed by atoms with van der Waals surface area (Å²) in [4.78, 5) is 0.